The molecule has 1 aromatic heterocycles. The molecule has 0 aliphatic carbocycles. The van der Waals surface area contributed by atoms with E-state index in [1.807, 2.05) is 42.6 Å². The molecule has 0 bridgehead atoms. The molecule has 0 fully saturated rings. The van der Waals surface area contributed by atoms with Crippen molar-refractivity contribution >= 4 is 17.1 Å². The fourth-order valence-electron chi connectivity index (χ4n) is 1.42. The number of ketones is 1. The van der Waals surface area contributed by atoms with Crippen LogP contribution in [0, 0.1) is 6.92 Å². The minimum atomic E-state index is 0.0409. The second-order valence-corrected chi connectivity index (χ2v) is 4.74. The Morgan fingerprint density at radius 3 is 2.76 bits per heavy atom. The van der Waals surface area contributed by atoms with Gasteiger partial charge in [0.1, 0.15) is 12.4 Å². The molecule has 0 atom stereocenters. The van der Waals surface area contributed by atoms with Crippen molar-refractivity contribution in [2.24, 2.45) is 0 Å². The molecule has 0 amide bonds. The van der Waals surface area contributed by atoms with Gasteiger partial charge in [-0.05, 0) is 19.1 Å². The largest absolute Gasteiger partial charge is 0.486 e. The molecule has 0 unspecified atom stereocenters. The Kier molecular flexibility index (Phi) is 3.88. The summed E-state index contributed by atoms with van der Waals surface area (Å²) in [7, 11) is 0. The molecule has 2 aromatic rings. The lowest BCUT2D eigenvalue weighted by Crippen LogP contribution is -2.13. The van der Waals surface area contributed by atoms with Crippen molar-refractivity contribution in [1.82, 2.24) is 4.98 Å². The number of benzene rings is 1. The molecule has 17 heavy (non-hydrogen) atoms. The molecule has 0 radical (unpaired) electrons. The van der Waals surface area contributed by atoms with Gasteiger partial charge in [0.2, 0.25) is 0 Å². The Labute approximate surface area is 104 Å². The summed E-state index contributed by atoms with van der Waals surface area (Å²) in [6.45, 7) is 2.03. The summed E-state index contributed by atoms with van der Waals surface area (Å²) >= 11 is 1.56. The summed E-state index contributed by atoms with van der Waals surface area (Å²) in [6.07, 6.45) is 0.344. The van der Waals surface area contributed by atoms with Gasteiger partial charge >= 0.3 is 0 Å². The molecule has 0 N–H and O–H groups in total. The van der Waals surface area contributed by atoms with E-state index in [0.29, 0.717) is 6.42 Å². The SMILES string of the molecule is Cc1nc(CC(=O)COc2ccccc2)cs1. The summed E-state index contributed by atoms with van der Waals surface area (Å²) in [5, 5.41) is 2.90. The Morgan fingerprint density at radius 2 is 2.12 bits per heavy atom. The number of hydrogen-bond donors (Lipinski definition) is 0. The topological polar surface area (TPSA) is 39.2 Å². The van der Waals surface area contributed by atoms with Crippen molar-refractivity contribution in [2.75, 3.05) is 6.61 Å². The van der Waals surface area contributed by atoms with Crippen LogP contribution >= 0.6 is 11.3 Å². The molecule has 0 aliphatic rings. The number of thiazole rings is 1. The predicted molar refractivity (Wildman–Crippen MR) is 67.5 cm³/mol. The van der Waals surface area contributed by atoms with E-state index in [1.165, 1.54) is 0 Å². The molecule has 0 saturated carbocycles. The Bertz CT molecular complexity index is 493. The molecule has 88 valence electrons. The van der Waals surface area contributed by atoms with E-state index in [2.05, 4.69) is 4.98 Å². The molecule has 0 saturated heterocycles. The average Bonchev–Trinajstić information content (AvgIpc) is 2.73. The molecule has 1 aromatic carbocycles. The van der Waals surface area contributed by atoms with Crippen molar-refractivity contribution < 1.29 is 9.53 Å². The van der Waals surface area contributed by atoms with Crippen LogP contribution in [0.3, 0.4) is 0 Å². The molecule has 4 heteroatoms. The number of aromatic nitrogens is 1. The zero-order valence-electron chi connectivity index (χ0n) is 9.55. The third kappa shape index (κ3) is 3.67. The molecule has 0 spiro atoms. The van der Waals surface area contributed by atoms with Gasteiger partial charge in [0.15, 0.2) is 5.78 Å². The van der Waals surface area contributed by atoms with Gasteiger partial charge in [-0.1, -0.05) is 18.2 Å². The van der Waals surface area contributed by atoms with Crippen LogP contribution in [0.5, 0.6) is 5.75 Å². The molecule has 3 nitrogen and oxygen atoms in total. The maximum atomic E-state index is 11.6. The van der Waals surface area contributed by atoms with Crippen LogP contribution in [0.2, 0.25) is 0 Å². The van der Waals surface area contributed by atoms with Crippen LogP contribution in [0.4, 0.5) is 0 Å². The lowest BCUT2D eigenvalue weighted by molar-refractivity contribution is -0.120. The Morgan fingerprint density at radius 1 is 1.35 bits per heavy atom. The number of hydrogen-bond acceptors (Lipinski definition) is 4. The third-order valence-electron chi connectivity index (χ3n) is 2.19. The highest BCUT2D eigenvalue weighted by molar-refractivity contribution is 7.09. The van der Waals surface area contributed by atoms with E-state index >= 15 is 0 Å². The molecule has 1 heterocycles. The Hall–Kier alpha value is -1.68. The van der Waals surface area contributed by atoms with E-state index in [0.717, 1.165) is 16.5 Å². The van der Waals surface area contributed by atoms with Crippen molar-refractivity contribution in [2.45, 2.75) is 13.3 Å². The van der Waals surface area contributed by atoms with Crippen LogP contribution in [0.25, 0.3) is 0 Å². The smallest absolute Gasteiger partial charge is 0.176 e. The number of carbonyl (C=O) groups is 1. The fraction of sp³-hybridized carbons (Fsp3) is 0.231. The lowest BCUT2D eigenvalue weighted by atomic mass is 10.2. The summed E-state index contributed by atoms with van der Waals surface area (Å²) in [5.74, 6) is 0.759. The monoisotopic (exact) mass is 247 g/mol. The second kappa shape index (κ2) is 5.59. The minimum Gasteiger partial charge on any atom is -0.486 e. The Balaban J connectivity index is 1.82. The van der Waals surface area contributed by atoms with Crippen LogP contribution < -0.4 is 4.74 Å². The van der Waals surface area contributed by atoms with Crippen molar-refractivity contribution in [3.63, 3.8) is 0 Å². The van der Waals surface area contributed by atoms with Crippen LogP contribution in [0.15, 0.2) is 35.7 Å². The first kappa shape index (κ1) is 11.8. The van der Waals surface area contributed by atoms with Gasteiger partial charge < -0.3 is 4.74 Å². The molecule has 2 rings (SSSR count). The summed E-state index contributed by atoms with van der Waals surface area (Å²) in [4.78, 5) is 15.9. The van der Waals surface area contributed by atoms with Crippen LogP contribution in [0.1, 0.15) is 10.7 Å². The van der Waals surface area contributed by atoms with Gasteiger partial charge in [0, 0.05) is 5.38 Å². The summed E-state index contributed by atoms with van der Waals surface area (Å²) < 4.78 is 5.37. The standard InChI is InChI=1S/C13H13NO2S/c1-10-14-11(9-17-10)7-12(15)8-16-13-5-3-2-4-6-13/h2-6,9H,7-8H2,1H3. The zero-order chi connectivity index (χ0) is 12.1. The van der Waals surface area contributed by atoms with Crippen molar-refractivity contribution in [3.8, 4) is 5.75 Å². The number of nitrogens with zero attached hydrogens (tertiary/aromatic N) is 1. The number of ether oxygens (including phenoxy) is 1. The first-order chi connectivity index (χ1) is 8.24. The number of carbonyl (C=O) groups excluding carboxylic acids is 1. The zero-order valence-corrected chi connectivity index (χ0v) is 10.4. The highest BCUT2D eigenvalue weighted by Gasteiger charge is 2.07. The van der Waals surface area contributed by atoms with E-state index in [1.54, 1.807) is 11.3 Å². The molecular weight excluding hydrogens is 234 g/mol. The van der Waals surface area contributed by atoms with Gasteiger partial charge in [-0.15, -0.1) is 11.3 Å². The maximum absolute atomic E-state index is 11.6. The van der Waals surface area contributed by atoms with E-state index in [-0.39, 0.29) is 12.4 Å². The third-order valence-corrected chi connectivity index (χ3v) is 3.01. The fourth-order valence-corrected chi connectivity index (χ4v) is 2.04. The van der Waals surface area contributed by atoms with Crippen LogP contribution in [-0.4, -0.2) is 17.4 Å². The minimum absolute atomic E-state index is 0.0409. The van der Waals surface area contributed by atoms with Gasteiger partial charge in [-0.3, -0.25) is 4.79 Å². The number of rotatable bonds is 5. The van der Waals surface area contributed by atoms with Gasteiger partial charge in [-0.25, -0.2) is 4.98 Å². The lowest BCUT2D eigenvalue weighted by Gasteiger charge is -2.03. The van der Waals surface area contributed by atoms with E-state index in [9.17, 15) is 4.79 Å². The van der Waals surface area contributed by atoms with Gasteiger partial charge in [-0.2, -0.15) is 0 Å². The van der Waals surface area contributed by atoms with Gasteiger partial charge in [0.05, 0.1) is 17.1 Å². The number of Topliss-reactive ketones (excluding diaryl/α,β-unsaturated/α-hetero) is 1. The van der Waals surface area contributed by atoms with E-state index < -0.39 is 0 Å². The maximum Gasteiger partial charge on any atom is 0.176 e. The summed E-state index contributed by atoms with van der Waals surface area (Å²) in [6, 6.07) is 9.33. The second-order valence-electron chi connectivity index (χ2n) is 3.68. The number of aryl methyl sites for hydroxylation is 1. The highest BCUT2D eigenvalue weighted by atomic mass is 32.1. The van der Waals surface area contributed by atoms with E-state index in [4.69, 9.17) is 4.74 Å². The average molecular weight is 247 g/mol. The number of para-hydroxylation sites is 1. The van der Waals surface area contributed by atoms with Gasteiger partial charge in [0.25, 0.3) is 0 Å². The molecule has 0 aliphatic heterocycles. The van der Waals surface area contributed by atoms with Crippen molar-refractivity contribution in [3.05, 3.63) is 46.4 Å². The quantitative estimate of drug-likeness (QED) is 0.815. The first-order valence-corrected chi connectivity index (χ1v) is 6.22. The normalized spacial score (nSPS) is 10.2. The highest BCUT2D eigenvalue weighted by Crippen LogP contribution is 2.10. The predicted octanol–water partition coefficient (Wildman–Crippen LogP) is 2.64. The van der Waals surface area contributed by atoms with Crippen LogP contribution in [-0.2, 0) is 11.2 Å². The van der Waals surface area contributed by atoms with Crippen molar-refractivity contribution in [1.29, 1.82) is 0 Å². The first-order valence-electron chi connectivity index (χ1n) is 5.34. The molecular formula is C13H13NO2S. The summed E-state index contributed by atoms with van der Waals surface area (Å²) in [5.41, 5.74) is 0.828.